The Morgan fingerprint density at radius 1 is 1.11 bits per heavy atom. The Morgan fingerprint density at radius 3 is 2.59 bits per heavy atom. The first-order chi connectivity index (χ1) is 13.2. The highest BCUT2D eigenvalue weighted by Gasteiger charge is 2.23. The molecular formula is C22H22O4S. The summed E-state index contributed by atoms with van der Waals surface area (Å²) >= 11 is 1.46. The molecule has 0 fully saturated rings. The summed E-state index contributed by atoms with van der Waals surface area (Å²) in [6.45, 7) is 0.515. The van der Waals surface area contributed by atoms with Crippen LogP contribution < -0.4 is 9.47 Å². The van der Waals surface area contributed by atoms with E-state index in [1.165, 1.54) is 16.9 Å². The molecule has 5 heteroatoms. The van der Waals surface area contributed by atoms with Gasteiger partial charge in [0.2, 0.25) is 0 Å². The van der Waals surface area contributed by atoms with Crippen LogP contribution in [0.15, 0.2) is 66.0 Å². The van der Waals surface area contributed by atoms with Gasteiger partial charge in [-0.15, -0.1) is 11.3 Å². The van der Waals surface area contributed by atoms with E-state index in [0.717, 1.165) is 16.9 Å². The molecular weight excluding hydrogens is 360 g/mol. The van der Waals surface area contributed by atoms with E-state index in [1.54, 1.807) is 7.11 Å². The Balaban J connectivity index is 1.76. The minimum atomic E-state index is -0.830. The van der Waals surface area contributed by atoms with Crippen molar-refractivity contribution >= 4 is 17.3 Å². The van der Waals surface area contributed by atoms with Crippen molar-refractivity contribution in [2.75, 3.05) is 13.7 Å². The fourth-order valence-corrected chi connectivity index (χ4v) is 3.73. The zero-order chi connectivity index (χ0) is 19.1. The summed E-state index contributed by atoms with van der Waals surface area (Å²) in [6.07, 6.45) is 1.16. The largest absolute Gasteiger partial charge is 0.497 e. The lowest BCUT2D eigenvalue weighted by atomic mass is 9.97. The number of hydrogen-bond acceptors (Lipinski definition) is 4. The molecule has 27 heavy (non-hydrogen) atoms. The second-order valence-corrected chi connectivity index (χ2v) is 7.15. The second-order valence-electron chi connectivity index (χ2n) is 6.17. The van der Waals surface area contributed by atoms with Crippen LogP contribution in [0.5, 0.6) is 11.5 Å². The highest BCUT2D eigenvalue weighted by molar-refractivity contribution is 7.10. The summed E-state index contributed by atoms with van der Waals surface area (Å²) in [7, 11) is 1.61. The van der Waals surface area contributed by atoms with Gasteiger partial charge in [0.25, 0.3) is 0 Å². The van der Waals surface area contributed by atoms with Crippen LogP contribution in [0.1, 0.15) is 21.9 Å². The predicted molar refractivity (Wildman–Crippen MR) is 107 cm³/mol. The molecule has 140 valence electrons. The number of ether oxygens (including phenoxy) is 2. The van der Waals surface area contributed by atoms with Crippen LogP contribution in [0.3, 0.4) is 0 Å². The Labute approximate surface area is 163 Å². The Hall–Kier alpha value is -2.79. The molecule has 1 atom stereocenters. The van der Waals surface area contributed by atoms with Gasteiger partial charge < -0.3 is 14.6 Å². The summed E-state index contributed by atoms with van der Waals surface area (Å²) in [5, 5.41) is 11.6. The normalized spacial score (nSPS) is 11.7. The van der Waals surface area contributed by atoms with Gasteiger partial charge >= 0.3 is 5.97 Å². The molecule has 1 unspecified atom stereocenters. The summed E-state index contributed by atoms with van der Waals surface area (Å²) in [5.41, 5.74) is 2.06. The van der Waals surface area contributed by atoms with Gasteiger partial charge in [-0.2, -0.15) is 0 Å². The van der Waals surface area contributed by atoms with E-state index in [-0.39, 0.29) is 0 Å². The number of carboxylic acid groups (broad SMARTS) is 1. The van der Waals surface area contributed by atoms with E-state index in [4.69, 9.17) is 9.47 Å². The third-order valence-electron chi connectivity index (χ3n) is 4.37. The molecule has 0 spiro atoms. The van der Waals surface area contributed by atoms with Crippen LogP contribution >= 0.6 is 11.3 Å². The molecule has 0 aliphatic rings. The molecule has 2 aromatic carbocycles. The van der Waals surface area contributed by atoms with Crippen molar-refractivity contribution < 1.29 is 19.4 Å². The van der Waals surface area contributed by atoms with Crippen LogP contribution in [0.4, 0.5) is 0 Å². The number of hydrogen-bond donors (Lipinski definition) is 1. The molecule has 0 aliphatic heterocycles. The van der Waals surface area contributed by atoms with Crippen molar-refractivity contribution in [1.82, 2.24) is 0 Å². The van der Waals surface area contributed by atoms with E-state index in [1.807, 2.05) is 53.9 Å². The van der Waals surface area contributed by atoms with Gasteiger partial charge in [-0.1, -0.05) is 42.5 Å². The highest BCUT2D eigenvalue weighted by atomic mass is 32.1. The fraction of sp³-hybridized carbons (Fsp3) is 0.227. The van der Waals surface area contributed by atoms with Crippen LogP contribution in [-0.4, -0.2) is 24.8 Å². The molecule has 1 N–H and O–H groups in total. The molecule has 4 nitrogen and oxygen atoms in total. The maximum Gasteiger partial charge on any atom is 0.312 e. The molecule has 0 saturated heterocycles. The number of aliphatic carboxylic acids is 1. The first-order valence-corrected chi connectivity index (χ1v) is 9.65. The van der Waals surface area contributed by atoms with Crippen molar-refractivity contribution in [3.63, 3.8) is 0 Å². The number of methoxy groups -OCH3 is 1. The van der Waals surface area contributed by atoms with E-state index in [9.17, 15) is 9.90 Å². The van der Waals surface area contributed by atoms with E-state index in [2.05, 4.69) is 12.1 Å². The lowest BCUT2D eigenvalue weighted by Gasteiger charge is -2.16. The zero-order valence-electron chi connectivity index (χ0n) is 15.1. The summed E-state index contributed by atoms with van der Waals surface area (Å²) < 4.78 is 11.3. The Bertz CT molecular complexity index is 859. The zero-order valence-corrected chi connectivity index (χ0v) is 15.9. The standard InChI is InChI=1S/C22H22O4S/c1-25-18-10-9-17(14-19(22(23)24)21-8-5-13-27-21)20(15-18)26-12-11-16-6-3-2-4-7-16/h2-10,13,15,19H,11-12,14H2,1H3,(H,23,24). The molecule has 0 aliphatic carbocycles. The van der Waals surface area contributed by atoms with E-state index in [0.29, 0.717) is 24.5 Å². The van der Waals surface area contributed by atoms with Crippen LogP contribution in [0.2, 0.25) is 0 Å². The maximum absolute atomic E-state index is 11.8. The molecule has 0 amide bonds. The molecule has 3 aromatic rings. The lowest BCUT2D eigenvalue weighted by Crippen LogP contribution is -2.14. The lowest BCUT2D eigenvalue weighted by molar-refractivity contribution is -0.138. The van der Waals surface area contributed by atoms with Crippen LogP contribution in [0.25, 0.3) is 0 Å². The third kappa shape index (κ3) is 5.11. The van der Waals surface area contributed by atoms with Crippen molar-refractivity contribution in [2.45, 2.75) is 18.8 Å². The summed E-state index contributed by atoms with van der Waals surface area (Å²) in [4.78, 5) is 12.6. The smallest absolute Gasteiger partial charge is 0.312 e. The molecule has 1 heterocycles. The van der Waals surface area contributed by atoms with Gasteiger partial charge in [-0.25, -0.2) is 0 Å². The van der Waals surface area contributed by atoms with Gasteiger partial charge in [0.1, 0.15) is 11.5 Å². The minimum Gasteiger partial charge on any atom is -0.497 e. The van der Waals surface area contributed by atoms with Gasteiger partial charge in [0.15, 0.2) is 0 Å². The number of carboxylic acids is 1. The van der Waals surface area contributed by atoms with E-state index >= 15 is 0 Å². The topological polar surface area (TPSA) is 55.8 Å². The predicted octanol–water partition coefficient (Wildman–Crippen LogP) is 4.79. The number of rotatable bonds is 9. The minimum absolute atomic E-state index is 0.376. The monoisotopic (exact) mass is 382 g/mol. The Kier molecular flexibility index (Phi) is 6.49. The quantitative estimate of drug-likeness (QED) is 0.578. The van der Waals surface area contributed by atoms with Gasteiger partial charge in [-0.3, -0.25) is 4.79 Å². The maximum atomic E-state index is 11.8. The first-order valence-electron chi connectivity index (χ1n) is 8.77. The highest BCUT2D eigenvalue weighted by Crippen LogP contribution is 2.32. The number of thiophene rings is 1. The number of benzene rings is 2. The first kappa shape index (κ1) is 19.0. The molecule has 1 aromatic heterocycles. The van der Waals surface area contributed by atoms with Crippen molar-refractivity contribution in [3.8, 4) is 11.5 Å². The van der Waals surface area contributed by atoms with Crippen LogP contribution in [-0.2, 0) is 17.6 Å². The molecule has 0 bridgehead atoms. The van der Waals surface area contributed by atoms with Crippen molar-refractivity contribution in [3.05, 3.63) is 82.0 Å². The molecule has 0 radical (unpaired) electrons. The summed E-state index contributed by atoms with van der Waals surface area (Å²) in [6, 6.07) is 19.4. The van der Waals surface area contributed by atoms with Gasteiger partial charge in [0.05, 0.1) is 19.6 Å². The van der Waals surface area contributed by atoms with Crippen molar-refractivity contribution in [2.24, 2.45) is 0 Å². The molecule has 0 saturated carbocycles. The van der Waals surface area contributed by atoms with Gasteiger partial charge in [-0.05, 0) is 35.1 Å². The summed E-state index contributed by atoms with van der Waals surface area (Å²) in [5.74, 6) is -0.0529. The Morgan fingerprint density at radius 2 is 1.93 bits per heavy atom. The van der Waals surface area contributed by atoms with Crippen LogP contribution in [0, 0.1) is 0 Å². The second kappa shape index (κ2) is 9.24. The van der Waals surface area contributed by atoms with Crippen molar-refractivity contribution in [1.29, 1.82) is 0 Å². The number of carbonyl (C=O) groups is 1. The average molecular weight is 382 g/mol. The molecule has 3 rings (SSSR count). The van der Waals surface area contributed by atoms with E-state index < -0.39 is 11.9 Å². The fourth-order valence-electron chi connectivity index (χ4n) is 2.91. The average Bonchev–Trinajstić information content (AvgIpc) is 3.21. The third-order valence-corrected chi connectivity index (χ3v) is 5.36. The van der Waals surface area contributed by atoms with Gasteiger partial charge in [0, 0.05) is 17.4 Å². The SMILES string of the molecule is COc1ccc(CC(C(=O)O)c2cccs2)c(OCCc2ccccc2)c1.